The highest BCUT2D eigenvalue weighted by molar-refractivity contribution is 5.86. The largest absolute Gasteiger partial charge is 0.449 e. The second-order valence-electron chi connectivity index (χ2n) is 3.77. The summed E-state index contributed by atoms with van der Waals surface area (Å²) in [5, 5.41) is 0. The van der Waals surface area contributed by atoms with E-state index in [1.807, 2.05) is 6.92 Å². The van der Waals surface area contributed by atoms with Gasteiger partial charge < -0.3 is 4.74 Å². The smallest absolute Gasteiger partial charge is 0.414 e. The Morgan fingerprint density at radius 1 is 1.56 bits per heavy atom. The van der Waals surface area contributed by atoms with Crippen LogP contribution in [0, 0.1) is 0 Å². The number of carbonyl (C=O) groups excluding carboxylic acids is 1. The lowest BCUT2D eigenvalue weighted by molar-refractivity contribution is 0.145. The van der Waals surface area contributed by atoms with Gasteiger partial charge in [-0.3, -0.25) is 9.88 Å². The van der Waals surface area contributed by atoms with Crippen molar-refractivity contribution in [2.24, 2.45) is 0 Å². The molecule has 0 radical (unpaired) electrons. The van der Waals surface area contributed by atoms with Crippen LogP contribution < -0.4 is 4.90 Å². The molecule has 0 aliphatic carbocycles. The normalized spacial score (nSPS) is 10.5. The van der Waals surface area contributed by atoms with Gasteiger partial charge in [-0.15, -0.1) is 0 Å². The van der Waals surface area contributed by atoms with Gasteiger partial charge in [-0.2, -0.15) is 0 Å². The molecule has 0 aliphatic heterocycles. The van der Waals surface area contributed by atoms with Crippen LogP contribution in [0.2, 0.25) is 0 Å². The van der Waals surface area contributed by atoms with Crippen molar-refractivity contribution in [3.8, 4) is 0 Å². The Morgan fingerprint density at radius 2 is 2.28 bits per heavy atom. The second kappa shape index (κ2) is 6.88. The zero-order valence-electron chi connectivity index (χ0n) is 10.4. The van der Waals surface area contributed by atoms with E-state index >= 15 is 0 Å². The Kier molecular flexibility index (Phi) is 5.48. The number of carbonyl (C=O) groups is 1. The molecule has 1 amide bonds. The third-order valence-corrected chi connectivity index (χ3v) is 2.37. The molecule has 0 N–H and O–H groups in total. The number of aromatic nitrogens is 1. The van der Waals surface area contributed by atoms with Crippen LogP contribution in [0.5, 0.6) is 0 Å². The van der Waals surface area contributed by atoms with Crippen molar-refractivity contribution in [2.45, 2.75) is 26.2 Å². The first-order chi connectivity index (χ1) is 8.56. The van der Waals surface area contributed by atoms with E-state index in [0.717, 1.165) is 12.8 Å². The van der Waals surface area contributed by atoms with Crippen molar-refractivity contribution < 1.29 is 18.3 Å². The minimum Gasteiger partial charge on any atom is -0.449 e. The van der Waals surface area contributed by atoms with Crippen LogP contribution in [0.4, 0.5) is 19.3 Å². The first-order valence-electron chi connectivity index (χ1n) is 5.70. The molecule has 4 nitrogen and oxygen atoms in total. The standard InChI is InChI=1S/C12H16F2N2O2/c1-3-4-7-18-12(17)16(2)9-5-6-15-10(8-9)11(13)14/h5-6,8,11H,3-4,7H2,1-2H3. The molecule has 100 valence electrons. The third-order valence-electron chi connectivity index (χ3n) is 2.37. The van der Waals surface area contributed by atoms with Gasteiger partial charge in [-0.25, -0.2) is 13.6 Å². The number of alkyl halides is 2. The van der Waals surface area contributed by atoms with Gasteiger partial charge in [0, 0.05) is 13.2 Å². The summed E-state index contributed by atoms with van der Waals surface area (Å²) >= 11 is 0. The van der Waals surface area contributed by atoms with E-state index in [1.54, 1.807) is 0 Å². The lowest BCUT2D eigenvalue weighted by atomic mass is 10.3. The van der Waals surface area contributed by atoms with Crippen LogP contribution in [0.3, 0.4) is 0 Å². The molecule has 0 spiro atoms. The summed E-state index contributed by atoms with van der Waals surface area (Å²) in [4.78, 5) is 16.3. The van der Waals surface area contributed by atoms with Crippen molar-refractivity contribution in [1.29, 1.82) is 0 Å². The van der Waals surface area contributed by atoms with Crippen LogP contribution in [0.25, 0.3) is 0 Å². The summed E-state index contributed by atoms with van der Waals surface area (Å²) < 4.78 is 29.9. The zero-order chi connectivity index (χ0) is 13.5. The third kappa shape index (κ3) is 3.94. The molecule has 1 heterocycles. The predicted molar refractivity (Wildman–Crippen MR) is 63.9 cm³/mol. The molecule has 0 atom stereocenters. The monoisotopic (exact) mass is 258 g/mol. The van der Waals surface area contributed by atoms with Crippen molar-refractivity contribution in [3.05, 3.63) is 24.0 Å². The molecule has 0 saturated carbocycles. The number of hydrogen-bond acceptors (Lipinski definition) is 3. The molecule has 1 aromatic rings. The summed E-state index contributed by atoms with van der Waals surface area (Å²) in [7, 11) is 1.47. The molecule has 0 fully saturated rings. The summed E-state index contributed by atoms with van der Waals surface area (Å²) in [5.41, 5.74) is -0.0255. The molecule has 0 saturated heterocycles. The van der Waals surface area contributed by atoms with Crippen LogP contribution in [0.15, 0.2) is 18.3 Å². The van der Waals surface area contributed by atoms with E-state index in [4.69, 9.17) is 4.74 Å². The van der Waals surface area contributed by atoms with Gasteiger partial charge in [0.2, 0.25) is 0 Å². The topological polar surface area (TPSA) is 42.4 Å². The SMILES string of the molecule is CCCCOC(=O)N(C)c1ccnc(C(F)F)c1. The van der Waals surface area contributed by atoms with Gasteiger partial charge >= 0.3 is 6.09 Å². The number of pyridine rings is 1. The first-order valence-corrected chi connectivity index (χ1v) is 5.70. The van der Waals surface area contributed by atoms with Crippen molar-refractivity contribution >= 4 is 11.8 Å². The van der Waals surface area contributed by atoms with E-state index in [2.05, 4.69) is 4.98 Å². The number of hydrogen-bond donors (Lipinski definition) is 0. The number of halogens is 2. The van der Waals surface area contributed by atoms with Gasteiger partial charge in [0.1, 0.15) is 5.69 Å². The number of nitrogens with zero attached hydrogens (tertiary/aromatic N) is 2. The Morgan fingerprint density at radius 3 is 2.89 bits per heavy atom. The summed E-state index contributed by atoms with van der Waals surface area (Å²) in [6.45, 7) is 2.31. The zero-order valence-corrected chi connectivity index (χ0v) is 10.4. The van der Waals surface area contributed by atoms with Crippen molar-refractivity contribution in [1.82, 2.24) is 4.98 Å². The number of rotatable bonds is 5. The van der Waals surface area contributed by atoms with E-state index in [-0.39, 0.29) is 5.69 Å². The van der Waals surface area contributed by atoms with Gasteiger partial charge in [0.05, 0.1) is 12.3 Å². The predicted octanol–water partition coefficient (Wildman–Crippen LogP) is 3.39. The molecule has 6 heteroatoms. The average molecular weight is 258 g/mol. The van der Waals surface area contributed by atoms with E-state index < -0.39 is 12.5 Å². The molecular weight excluding hydrogens is 242 g/mol. The summed E-state index contributed by atoms with van der Waals surface area (Å²) in [6, 6.07) is 2.65. The number of amides is 1. The molecule has 0 unspecified atom stereocenters. The van der Waals surface area contributed by atoms with Crippen LogP contribution in [-0.4, -0.2) is 24.7 Å². The molecule has 1 rings (SSSR count). The van der Waals surface area contributed by atoms with Gasteiger partial charge in [0.25, 0.3) is 6.43 Å². The molecular formula is C12H16F2N2O2. The van der Waals surface area contributed by atoms with Gasteiger partial charge in [0.15, 0.2) is 0 Å². The quantitative estimate of drug-likeness (QED) is 0.760. The van der Waals surface area contributed by atoms with Gasteiger partial charge in [-0.05, 0) is 18.6 Å². The fraction of sp³-hybridized carbons (Fsp3) is 0.500. The minimum atomic E-state index is -2.66. The van der Waals surface area contributed by atoms with E-state index in [0.29, 0.717) is 12.3 Å². The van der Waals surface area contributed by atoms with E-state index in [9.17, 15) is 13.6 Å². The highest BCUT2D eigenvalue weighted by Gasteiger charge is 2.15. The second-order valence-corrected chi connectivity index (χ2v) is 3.77. The number of anilines is 1. The first kappa shape index (κ1) is 14.3. The van der Waals surface area contributed by atoms with Crippen LogP contribution >= 0.6 is 0 Å². The lowest BCUT2D eigenvalue weighted by Crippen LogP contribution is -2.27. The highest BCUT2D eigenvalue weighted by Crippen LogP contribution is 2.21. The molecule has 1 aromatic heterocycles. The minimum absolute atomic E-state index is 0.326. The Bertz CT molecular complexity index is 399. The molecule has 0 aromatic carbocycles. The maximum absolute atomic E-state index is 12.5. The maximum atomic E-state index is 12.5. The highest BCUT2D eigenvalue weighted by atomic mass is 19.3. The van der Waals surface area contributed by atoms with E-state index in [1.165, 1.54) is 30.3 Å². The Labute approximate surface area is 105 Å². The maximum Gasteiger partial charge on any atom is 0.414 e. The number of ether oxygens (including phenoxy) is 1. The fourth-order valence-corrected chi connectivity index (χ4v) is 1.27. The summed E-state index contributed by atoms with van der Waals surface area (Å²) in [6.07, 6.45) is -0.281. The average Bonchev–Trinajstić information content (AvgIpc) is 2.38. The fourth-order valence-electron chi connectivity index (χ4n) is 1.27. The van der Waals surface area contributed by atoms with Crippen molar-refractivity contribution in [3.63, 3.8) is 0 Å². The Hall–Kier alpha value is -1.72. The van der Waals surface area contributed by atoms with Crippen molar-refractivity contribution in [2.75, 3.05) is 18.6 Å². The summed E-state index contributed by atoms with van der Waals surface area (Å²) in [5.74, 6) is 0. The molecule has 0 bridgehead atoms. The van der Waals surface area contributed by atoms with Crippen LogP contribution in [0.1, 0.15) is 31.9 Å². The Balaban J connectivity index is 2.68. The lowest BCUT2D eigenvalue weighted by Gasteiger charge is -2.17. The molecule has 18 heavy (non-hydrogen) atoms. The molecule has 0 aliphatic rings. The van der Waals surface area contributed by atoms with Crippen LogP contribution in [-0.2, 0) is 4.74 Å². The van der Waals surface area contributed by atoms with Gasteiger partial charge in [-0.1, -0.05) is 13.3 Å². The number of unbranched alkanes of at least 4 members (excludes halogenated alkanes) is 1.